The first-order valence-electron chi connectivity index (χ1n) is 3.84. The molecular formula is C7H17NO3S. The lowest BCUT2D eigenvalue weighted by molar-refractivity contribution is 0.390. The standard InChI is InChI=1S/C7H17NO3S/c1-6(4-7(2,3)8)5-12(9,10)11/h6H,4-5,8H2,1-3H3,(H,9,10,11). The van der Waals surface area contributed by atoms with Crippen LogP contribution < -0.4 is 5.73 Å². The van der Waals surface area contributed by atoms with Crippen molar-refractivity contribution < 1.29 is 13.0 Å². The lowest BCUT2D eigenvalue weighted by atomic mass is 9.94. The molecule has 5 heteroatoms. The van der Waals surface area contributed by atoms with E-state index in [1.807, 2.05) is 13.8 Å². The van der Waals surface area contributed by atoms with E-state index in [-0.39, 0.29) is 17.2 Å². The average Bonchev–Trinajstić information content (AvgIpc) is 1.49. The SMILES string of the molecule is CC(CC(C)(C)N)CS(=O)(=O)O. The monoisotopic (exact) mass is 195 g/mol. The van der Waals surface area contributed by atoms with Crippen molar-refractivity contribution in [3.63, 3.8) is 0 Å². The highest BCUT2D eigenvalue weighted by Crippen LogP contribution is 2.14. The molecule has 0 rings (SSSR count). The first-order chi connectivity index (χ1) is 5.10. The minimum Gasteiger partial charge on any atom is -0.326 e. The fraction of sp³-hybridized carbons (Fsp3) is 1.00. The van der Waals surface area contributed by atoms with E-state index < -0.39 is 10.1 Å². The van der Waals surface area contributed by atoms with Gasteiger partial charge in [0.05, 0.1) is 5.75 Å². The number of rotatable bonds is 4. The molecule has 0 aromatic heterocycles. The molecule has 0 saturated heterocycles. The van der Waals surface area contributed by atoms with E-state index in [0.29, 0.717) is 6.42 Å². The summed E-state index contributed by atoms with van der Waals surface area (Å²) >= 11 is 0. The quantitative estimate of drug-likeness (QED) is 0.645. The van der Waals surface area contributed by atoms with E-state index in [9.17, 15) is 8.42 Å². The summed E-state index contributed by atoms with van der Waals surface area (Å²) in [7, 11) is -3.85. The third-order valence-corrected chi connectivity index (χ3v) is 2.36. The van der Waals surface area contributed by atoms with Crippen LogP contribution in [0.2, 0.25) is 0 Å². The summed E-state index contributed by atoms with van der Waals surface area (Å²) in [5.74, 6) is -0.326. The van der Waals surface area contributed by atoms with Crippen molar-refractivity contribution in [2.24, 2.45) is 11.7 Å². The fourth-order valence-electron chi connectivity index (χ4n) is 1.32. The van der Waals surface area contributed by atoms with Crippen LogP contribution in [0.5, 0.6) is 0 Å². The molecule has 0 amide bonds. The maximum atomic E-state index is 10.4. The molecule has 0 heterocycles. The predicted molar refractivity (Wildman–Crippen MR) is 48.5 cm³/mol. The molecule has 0 saturated carbocycles. The molecule has 0 aromatic rings. The smallest absolute Gasteiger partial charge is 0.265 e. The van der Waals surface area contributed by atoms with Crippen molar-refractivity contribution in [2.45, 2.75) is 32.7 Å². The summed E-state index contributed by atoms with van der Waals surface area (Å²) < 4.78 is 29.4. The second-order valence-electron chi connectivity index (χ2n) is 4.05. The van der Waals surface area contributed by atoms with Crippen LogP contribution in [0.3, 0.4) is 0 Å². The van der Waals surface area contributed by atoms with Crippen molar-refractivity contribution in [1.82, 2.24) is 0 Å². The Morgan fingerprint density at radius 2 is 1.92 bits per heavy atom. The van der Waals surface area contributed by atoms with Gasteiger partial charge in [-0.1, -0.05) is 6.92 Å². The summed E-state index contributed by atoms with van der Waals surface area (Å²) in [6.45, 7) is 5.41. The molecule has 0 aliphatic carbocycles. The van der Waals surface area contributed by atoms with Crippen LogP contribution >= 0.6 is 0 Å². The first-order valence-corrected chi connectivity index (χ1v) is 5.45. The van der Waals surface area contributed by atoms with Gasteiger partial charge in [0.2, 0.25) is 0 Å². The summed E-state index contributed by atoms with van der Waals surface area (Å²) in [5.41, 5.74) is 5.29. The van der Waals surface area contributed by atoms with Crippen molar-refractivity contribution in [2.75, 3.05) is 5.75 Å². The fourth-order valence-corrected chi connectivity index (χ4v) is 2.15. The van der Waals surface area contributed by atoms with Crippen molar-refractivity contribution in [3.8, 4) is 0 Å². The van der Waals surface area contributed by atoms with Crippen LogP contribution in [0.15, 0.2) is 0 Å². The molecule has 0 aliphatic rings. The molecule has 1 atom stereocenters. The number of hydrogen-bond acceptors (Lipinski definition) is 3. The molecular weight excluding hydrogens is 178 g/mol. The van der Waals surface area contributed by atoms with Gasteiger partial charge in [0.15, 0.2) is 0 Å². The van der Waals surface area contributed by atoms with Crippen LogP contribution in [-0.2, 0) is 10.1 Å². The molecule has 0 fully saturated rings. The highest BCUT2D eigenvalue weighted by Gasteiger charge is 2.19. The zero-order valence-corrected chi connectivity index (χ0v) is 8.56. The Kier molecular flexibility index (Phi) is 3.68. The van der Waals surface area contributed by atoms with Crippen molar-refractivity contribution >= 4 is 10.1 Å². The highest BCUT2D eigenvalue weighted by atomic mass is 32.2. The van der Waals surface area contributed by atoms with Gasteiger partial charge in [0.25, 0.3) is 10.1 Å². The molecule has 12 heavy (non-hydrogen) atoms. The van der Waals surface area contributed by atoms with Gasteiger partial charge >= 0.3 is 0 Å². The van der Waals surface area contributed by atoms with Gasteiger partial charge in [-0.05, 0) is 26.2 Å². The van der Waals surface area contributed by atoms with E-state index in [0.717, 1.165) is 0 Å². The summed E-state index contributed by atoms with van der Waals surface area (Å²) in [6, 6.07) is 0. The molecule has 0 aliphatic heterocycles. The lowest BCUT2D eigenvalue weighted by Gasteiger charge is -2.22. The van der Waals surface area contributed by atoms with Crippen LogP contribution in [0, 0.1) is 5.92 Å². The third-order valence-electron chi connectivity index (χ3n) is 1.37. The average molecular weight is 195 g/mol. The molecule has 1 unspecified atom stereocenters. The minimum absolute atomic E-state index is 0.111. The number of hydrogen-bond donors (Lipinski definition) is 2. The van der Waals surface area contributed by atoms with Gasteiger partial charge in [-0.15, -0.1) is 0 Å². The first kappa shape index (κ1) is 11.9. The van der Waals surface area contributed by atoms with Crippen molar-refractivity contribution in [1.29, 1.82) is 0 Å². The van der Waals surface area contributed by atoms with Crippen molar-refractivity contribution in [3.05, 3.63) is 0 Å². The molecule has 74 valence electrons. The largest absolute Gasteiger partial charge is 0.326 e. The van der Waals surface area contributed by atoms with Crippen LogP contribution in [0.1, 0.15) is 27.2 Å². The Labute approximate surface area is 73.9 Å². The maximum absolute atomic E-state index is 10.4. The van der Waals surface area contributed by atoms with E-state index in [2.05, 4.69) is 0 Å². The minimum atomic E-state index is -3.85. The number of nitrogens with two attached hydrogens (primary N) is 1. The Balaban J connectivity index is 4.00. The molecule has 0 spiro atoms. The highest BCUT2D eigenvalue weighted by molar-refractivity contribution is 7.85. The van der Waals surface area contributed by atoms with E-state index in [4.69, 9.17) is 10.3 Å². The molecule has 4 nitrogen and oxygen atoms in total. The van der Waals surface area contributed by atoms with E-state index in [1.54, 1.807) is 6.92 Å². The third kappa shape index (κ3) is 7.97. The maximum Gasteiger partial charge on any atom is 0.265 e. The topological polar surface area (TPSA) is 80.4 Å². The lowest BCUT2D eigenvalue weighted by Crippen LogP contribution is -2.35. The van der Waals surface area contributed by atoms with E-state index in [1.165, 1.54) is 0 Å². The molecule has 0 aromatic carbocycles. The van der Waals surface area contributed by atoms with Crippen LogP contribution in [0.4, 0.5) is 0 Å². The second-order valence-corrected chi connectivity index (χ2v) is 5.54. The molecule has 0 bridgehead atoms. The van der Waals surface area contributed by atoms with Gasteiger partial charge in [-0.25, -0.2) is 0 Å². The van der Waals surface area contributed by atoms with Crippen LogP contribution in [0.25, 0.3) is 0 Å². The van der Waals surface area contributed by atoms with Crippen LogP contribution in [-0.4, -0.2) is 24.3 Å². The predicted octanol–water partition coefficient (Wildman–Crippen LogP) is 0.638. The second kappa shape index (κ2) is 3.72. The molecule has 0 radical (unpaired) electrons. The molecule has 3 N–H and O–H groups in total. The van der Waals surface area contributed by atoms with Gasteiger partial charge in [-0.2, -0.15) is 8.42 Å². The summed E-state index contributed by atoms with van der Waals surface area (Å²) in [5, 5.41) is 0. The Morgan fingerprint density at radius 3 is 2.17 bits per heavy atom. The zero-order valence-electron chi connectivity index (χ0n) is 7.74. The normalized spacial score (nSPS) is 16.1. The summed E-state index contributed by atoms with van der Waals surface area (Å²) in [4.78, 5) is 0. The zero-order chi connectivity index (χ0) is 9.99. The van der Waals surface area contributed by atoms with Gasteiger partial charge in [0.1, 0.15) is 0 Å². The van der Waals surface area contributed by atoms with Gasteiger partial charge < -0.3 is 5.73 Å². The Morgan fingerprint density at radius 1 is 1.50 bits per heavy atom. The van der Waals surface area contributed by atoms with Gasteiger partial charge in [-0.3, -0.25) is 4.55 Å². The van der Waals surface area contributed by atoms with Gasteiger partial charge in [0, 0.05) is 5.54 Å². The van der Waals surface area contributed by atoms with E-state index >= 15 is 0 Å². The Bertz CT molecular complexity index is 228. The summed E-state index contributed by atoms with van der Waals surface area (Å²) in [6.07, 6.45) is 0.576. The Hall–Kier alpha value is -0.130.